The molecule has 0 bridgehead atoms. The summed E-state index contributed by atoms with van der Waals surface area (Å²) in [4.78, 5) is 15.9. The van der Waals surface area contributed by atoms with E-state index in [1.807, 2.05) is 41.3 Å². The number of benzene rings is 1. The molecule has 1 aromatic carbocycles. The fraction of sp³-hybridized carbons (Fsp3) is 0.353. The molecule has 1 amide bonds. The molecule has 0 unspecified atom stereocenters. The summed E-state index contributed by atoms with van der Waals surface area (Å²) >= 11 is 1.69. The minimum Gasteiger partial charge on any atom is -0.333 e. The van der Waals surface area contributed by atoms with Gasteiger partial charge in [-0.2, -0.15) is 0 Å². The summed E-state index contributed by atoms with van der Waals surface area (Å²) in [6.45, 7) is 0.698. The first-order valence-corrected chi connectivity index (χ1v) is 8.24. The number of nitrogens with two attached hydrogens (primary N) is 1. The lowest BCUT2D eigenvalue weighted by Crippen LogP contribution is -2.45. The number of hydrogen-bond donors (Lipinski definition) is 1. The van der Waals surface area contributed by atoms with E-state index in [0.29, 0.717) is 19.0 Å². The average Bonchev–Trinajstić information content (AvgIpc) is 3.21. The molecule has 2 N–H and O–H groups in total. The summed E-state index contributed by atoms with van der Waals surface area (Å²) in [6.07, 6.45) is 2.82. The number of carbonyl (C=O) groups excluding carboxylic acids is 1. The van der Waals surface area contributed by atoms with Gasteiger partial charge in [-0.1, -0.05) is 36.4 Å². The lowest BCUT2D eigenvalue weighted by atomic mass is 10.1. The van der Waals surface area contributed by atoms with Gasteiger partial charge in [-0.25, -0.2) is 0 Å². The molecule has 1 aromatic heterocycles. The van der Waals surface area contributed by atoms with Crippen molar-refractivity contribution < 1.29 is 4.79 Å². The Balaban J connectivity index is 1.66. The smallest absolute Gasteiger partial charge is 0.240 e. The molecule has 3 rings (SSSR count). The van der Waals surface area contributed by atoms with Crippen molar-refractivity contribution >= 4 is 17.2 Å². The van der Waals surface area contributed by atoms with E-state index < -0.39 is 6.04 Å². The maximum absolute atomic E-state index is 12.7. The largest absolute Gasteiger partial charge is 0.333 e. The van der Waals surface area contributed by atoms with E-state index in [4.69, 9.17) is 5.73 Å². The molecule has 1 fully saturated rings. The first-order chi connectivity index (χ1) is 10.2. The zero-order valence-corrected chi connectivity index (χ0v) is 12.8. The van der Waals surface area contributed by atoms with Crippen LogP contribution in [0.3, 0.4) is 0 Å². The Kier molecular flexibility index (Phi) is 4.36. The van der Waals surface area contributed by atoms with E-state index >= 15 is 0 Å². The number of thiophene rings is 1. The molecule has 0 radical (unpaired) electrons. The van der Waals surface area contributed by atoms with Crippen LogP contribution in [-0.4, -0.2) is 22.9 Å². The molecule has 110 valence electrons. The van der Waals surface area contributed by atoms with Crippen LogP contribution in [0.5, 0.6) is 0 Å². The highest BCUT2D eigenvalue weighted by Gasteiger charge is 2.34. The fourth-order valence-corrected chi connectivity index (χ4v) is 3.21. The van der Waals surface area contributed by atoms with Crippen LogP contribution in [0, 0.1) is 0 Å². The van der Waals surface area contributed by atoms with E-state index in [0.717, 1.165) is 18.4 Å². The van der Waals surface area contributed by atoms with Gasteiger partial charge >= 0.3 is 0 Å². The number of rotatable bonds is 6. The average molecular weight is 300 g/mol. The lowest BCUT2D eigenvalue weighted by Gasteiger charge is -2.25. The molecule has 0 spiro atoms. The third-order valence-corrected chi connectivity index (χ3v) is 4.65. The molecule has 3 nitrogen and oxygen atoms in total. The molecule has 21 heavy (non-hydrogen) atoms. The van der Waals surface area contributed by atoms with Crippen molar-refractivity contribution in [3.05, 3.63) is 58.3 Å². The summed E-state index contributed by atoms with van der Waals surface area (Å²) in [6, 6.07) is 14.0. The molecule has 1 atom stereocenters. The summed E-state index contributed by atoms with van der Waals surface area (Å²) in [5, 5.41) is 2.05. The molecular weight excluding hydrogens is 280 g/mol. The molecule has 0 aliphatic heterocycles. The molecule has 0 saturated heterocycles. The van der Waals surface area contributed by atoms with Crippen LogP contribution in [0.15, 0.2) is 47.8 Å². The van der Waals surface area contributed by atoms with Gasteiger partial charge in [-0.3, -0.25) is 4.79 Å². The Hall–Kier alpha value is -1.65. The van der Waals surface area contributed by atoms with Crippen LogP contribution in [0.4, 0.5) is 0 Å². The summed E-state index contributed by atoms with van der Waals surface area (Å²) < 4.78 is 0. The first kappa shape index (κ1) is 14.3. The number of hydrogen-bond acceptors (Lipinski definition) is 3. The minimum absolute atomic E-state index is 0.0785. The zero-order valence-electron chi connectivity index (χ0n) is 11.9. The summed E-state index contributed by atoms with van der Waals surface area (Å²) in [5.74, 6) is 0.0785. The van der Waals surface area contributed by atoms with Crippen LogP contribution in [0.2, 0.25) is 0 Å². The highest BCUT2D eigenvalue weighted by Crippen LogP contribution is 2.29. The van der Waals surface area contributed by atoms with Gasteiger partial charge in [0.15, 0.2) is 0 Å². The van der Waals surface area contributed by atoms with E-state index in [2.05, 4.69) is 11.4 Å². The van der Waals surface area contributed by atoms with Crippen LogP contribution >= 0.6 is 11.3 Å². The van der Waals surface area contributed by atoms with Crippen molar-refractivity contribution in [1.82, 2.24) is 4.90 Å². The highest BCUT2D eigenvalue weighted by atomic mass is 32.1. The van der Waals surface area contributed by atoms with Gasteiger partial charge in [0.2, 0.25) is 5.91 Å². The van der Waals surface area contributed by atoms with Gasteiger partial charge in [0, 0.05) is 10.9 Å². The third-order valence-electron chi connectivity index (χ3n) is 3.79. The van der Waals surface area contributed by atoms with Gasteiger partial charge in [-0.05, 0) is 36.3 Å². The predicted octanol–water partition coefficient (Wildman–Crippen LogP) is 2.81. The zero-order chi connectivity index (χ0) is 14.7. The van der Waals surface area contributed by atoms with Gasteiger partial charge in [0.05, 0.1) is 12.6 Å². The SMILES string of the molecule is N[C@H](Cc1ccccc1)C(=O)N(Cc1cccs1)C1CC1. The van der Waals surface area contributed by atoms with Crippen molar-refractivity contribution in [1.29, 1.82) is 0 Å². The minimum atomic E-state index is -0.451. The maximum Gasteiger partial charge on any atom is 0.240 e. The summed E-state index contributed by atoms with van der Waals surface area (Å²) in [7, 11) is 0. The van der Waals surface area contributed by atoms with Gasteiger partial charge < -0.3 is 10.6 Å². The monoisotopic (exact) mass is 300 g/mol. The van der Waals surface area contributed by atoms with Gasteiger partial charge in [0.25, 0.3) is 0 Å². The summed E-state index contributed by atoms with van der Waals surface area (Å²) in [5.41, 5.74) is 7.27. The Bertz CT molecular complexity index is 578. The van der Waals surface area contributed by atoms with Crippen molar-refractivity contribution in [2.75, 3.05) is 0 Å². The normalized spacial score (nSPS) is 15.7. The van der Waals surface area contributed by atoms with Crippen molar-refractivity contribution in [2.24, 2.45) is 5.73 Å². The van der Waals surface area contributed by atoms with E-state index in [1.54, 1.807) is 11.3 Å². The van der Waals surface area contributed by atoms with Crippen LogP contribution in [-0.2, 0) is 17.8 Å². The van der Waals surface area contributed by atoms with E-state index in [1.165, 1.54) is 4.88 Å². The van der Waals surface area contributed by atoms with Crippen molar-refractivity contribution in [2.45, 2.75) is 37.9 Å². The van der Waals surface area contributed by atoms with Crippen molar-refractivity contribution in [3.63, 3.8) is 0 Å². The molecule has 1 saturated carbocycles. The van der Waals surface area contributed by atoms with E-state index in [-0.39, 0.29) is 5.91 Å². The fourth-order valence-electron chi connectivity index (χ4n) is 2.51. The quantitative estimate of drug-likeness (QED) is 0.891. The molecular formula is C17H20N2OS. The second-order valence-electron chi connectivity index (χ2n) is 5.57. The topological polar surface area (TPSA) is 46.3 Å². The van der Waals surface area contributed by atoms with Gasteiger partial charge in [0.1, 0.15) is 0 Å². The molecule has 1 aliphatic carbocycles. The Morgan fingerprint density at radius 3 is 2.62 bits per heavy atom. The van der Waals surface area contributed by atoms with Crippen LogP contribution in [0.25, 0.3) is 0 Å². The second-order valence-corrected chi connectivity index (χ2v) is 6.61. The second kappa shape index (κ2) is 6.41. The third kappa shape index (κ3) is 3.71. The standard InChI is InChI=1S/C17H20N2OS/c18-16(11-13-5-2-1-3-6-13)17(20)19(14-8-9-14)12-15-7-4-10-21-15/h1-7,10,14,16H,8-9,11-12,18H2/t16-/m1/s1. The van der Waals surface area contributed by atoms with Gasteiger partial charge in [-0.15, -0.1) is 11.3 Å². The lowest BCUT2D eigenvalue weighted by molar-refractivity contribution is -0.133. The first-order valence-electron chi connectivity index (χ1n) is 7.36. The molecule has 2 aromatic rings. The van der Waals surface area contributed by atoms with Crippen molar-refractivity contribution in [3.8, 4) is 0 Å². The molecule has 1 aliphatic rings. The number of carbonyl (C=O) groups is 1. The maximum atomic E-state index is 12.7. The molecule has 4 heteroatoms. The Labute approximate surface area is 129 Å². The molecule has 1 heterocycles. The Morgan fingerprint density at radius 2 is 2.00 bits per heavy atom. The predicted molar refractivity (Wildman–Crippen MR) is 86.0 cm³/mol. The van der Waals surface area contributed by atoms with E-state index in [9.17, 15) is 4.79 Å². The van der Waals surface area contributed by atoms with Crippen LogP contribution < -0.4 is 5.73 Å². The number of nitrogens with zero attached hydrogens (tertiary/aromatic N) is 1. The highest BCUT2D eigenvalue weighted by molar-refractivity contribution is 7.09. The van der Waals surface area contributed by atoms with Crippen LogP contribution in [0.1, 0.15) is 23.3 Å². The Morgan fingerprint density at radius 1 is 1.24 bits per heavy atom. The number of amides is 1.